The summed E-state index contributed by atoms with van der Waals surface area (Å²) in [7, 11) is 0. The van der Waals surface area contributed by atoms with Crippen molar-refractivity contribution < 1.29 is 4.39 Å². The molecule has 3 nitrogen and oxygen atoms in total. The van der Waals surface area contributed by atoms with Gasteiger partial charge in [-0.3, -0.25) is 0 Å². The van der Waals surface area contributed by atoms with Crippen LogP contribution in [0.5, 0.6) is 0 Å². The van der Waals surface area contributed by atoms with Crippen LogP contribution < -0.4 is 5.32 Å². The summed E-state index contributed by atoms with van der Waals surface area (Å²) >= 11 is 7.48. The Morgan fingerprint density at radius 1 is 1.32 bits per heavy atom. The smallest absolute Gasteiger partial charge is 0.131 e. The first-order valence-electron chi connectivity index (χ1n) is 6.15. The van der Waals surface area contributed by atoms with Crippen LogP contribution in [0.2, 0.25) is 5.02 Å². The van der Waals surface area contributed by atoms with Gasteiger partial charge in [0.2, 0.25) is 0 Å². The van der Waals surface area contributed by atoms with Crippen molar-refractivity contribution in [3.8, 4) is 0 Å². The molecule has 0 aliphatic heterocycles. The summed E-state index contributed by atoms with van der Waals surface area (Å²) in [6.45, 7) is 3.77. The average Bonchev–Trinajstić information content (AvgIpc) is 2.82. The molecule has 0 unspecified atom stereocenters. The highest BCUT2D eigenvalue weighted by atomic mass is 35.5. The largest absolute Gasteiger partial charge is 0.310 e. The molecule has 0 saturated heterocycles. The van der Waals surface area contributed by atoms with Crippen LogP contribution in [-0.2, 0) is 13.0 Å². The Kier molecular flexibility index (Phi) is 5.24. The molecule has 6 heteroatoms. The maximum atomic E-state index is 13.7. The van der Waals surface area contributed by atoms with Crippen molar-refractivity contribution in [3.63, 3.8) is 0 Å². The van der Waals surface area contributed by atoms with Gasteiger partial charge in [0, 0.05) is 23.6 Å². The van der Waals surface area contributed by atoms with E-state index in [2.05, 4.69) is 22.4 Å². The standard InChI is InChI=1S/C13H15ClFN3S/c1-2-6-16-8-13-18-17-12(19-13)7-9-10(14)4-3-5-11(9)15/h3-5,16H,2,6-8H2,1H3. The number of nitrogens with one attached hydrogen (secondary N) is 1. The van der Waals surface area contributed by atoms with Gasteiger partial charge in [0.1, 0.15) is 15.8 Å². The molecule has 0 saturated carbocycles. The van der Waals surface area contributed by atoms with Gasteiger partial charge in [-0.1, -0.05) is 35.9 Å². The molecule has 1 aromatic carbocycles. The molecule has 0 atom stereocenters. The maximum absolute atomic E-state index is 13.7. The number of benzene rings is 1. The normalized spacial score (nSPS) is 10.9. The third-order valence-electron chi connectivity index (χ3n) is 2.60. The average molecular weight is 300 g/mol. The van der Waals surface area contributed by atoms with Gasteiger partial charge in [-0.25, -0.2) is 4.39 Å². The second kappa shape index (κ2) is 6.93. The summed E-state index contributed by atoms with van der Waals surface area (Å²) in [5.41, 5.74) is 0.480. The van der Waals surface area contributed by atoms with E-state index < -0.39 is 0 Å². The second-order valence-corrected chi connectivity index (χ2v) is 5.70. The van der Waals surface area contributed by atoms with Crippen LogP contribution >= 0.6 is 22.9 Å². The molecule has 1 N–H and O–H groups in total. The summed E-state index contributed by atoms with van der Waals surface area (Å²) in [6.07, 6.45) is 1.47. The number of rotatable bonds is 6. The van der Waals surface area contributed by atoms with Gasteiger partial charge in [-0.2, -0.15) is 0 Å². The van der Waals surface area contributed by atoms with Crippen LogP contribution in [0, 0.1) is 5.82 Å². The fraction of sp³-hybridized carbons (Fsp3) is 0.385. The minimum absolute atomic E-state index is 0.298. The van der Waals surface area contributed by atoms with E-state index in [1.54, 1.807) is 12.1 Å². The number of halogens is 2. The molecule has 1 heterocycles. The van der Waals surface area contributed by atoms with Gasteiger partial charge >= 0.3 is 0 Å². The predicted octanol–water partition coefficient (Wildman–Crippen LogP) is 3.42. The fourth-order valence-electron chi connectivity index (χ4n) is 1.66. The summed E-state index contributed by atoms with van der Waals surface area (Å²) in [5, 5.41) is 13.5. The number of aromatic nitrogens is 2. The molecule has 1 aromatic heterocycles. The Morgan fingerprint density at radius 3 is 2.84 bits per heavy atom. The zero-order valence-electron chi connectivity index (χ0n) is 10.6. The van der Waals surface area contributed by atoms with Gasteiger partial charge in [0.05, 0.1) is 0 Å². The van der Waals surface area contributed by atoms with Gasteiger partial charge in [-0.15, -0.1) is 10.2 Å². The Morgan fingerprint density at radius 2 is 2.11 bits per heavy atom. The minimum atomic E-state index is -0.298. The lowest BCUT2D eigenvalue weighted by atomic mass is 10.1. The van der Waals surface area contributed by atoms with E-state index in [-0.39, 0.29) is 5.82 Å². The molecule has 0 amide bonds. The highest BCUT2D eigenvalue weighted by Crippen LogP contribution is 2.23. The molecule has 2 rings (SSSR count). The molecule has 19 heavy (non-hydrogen) atoms. The van der Waals surface area contributed by atoms with Gasteiger partial charge in [0.15, 0.2) is 0 Å². The molecule has 0 spiro atoms. The summed E-state index contributed by atoms with van der Waals surface area (Å²) < 4.78 is 13.7. The summed E-state index contributed by atoms with van der Waals surface area (Å²) in [5.74, 6) is -0.298. The molecule has 0 aliphatic carbocycles. The molecule has 2 aromatic rings. The Hall–Kier alpha value is -1.04. The van der Waals surface area contributed by atoms with Crippen molar-refractivity contribution in [1.29, 1.82) is 0 Å². The van der Waals surface area contributed by atoms with Gasteiger partial charge < -0.3 is 5.32 Å². The van der Waals surface area contributed by atoms with Crippen molar-refractivity contribution in [2.24, 2.45) is 0 Å². The molecule has 0 radical (unpaired) electrons. The highest BCUT2D eigenvalue weighted by Gasteiger charge is 2.11. The molecule has 0 aliphatic rings. The van der Waals surface area contributed by atoms with E-state index in [1.165, 1.54) is 17.4 Å². The highest BCUT2D eigenvalue weighted by molar-refractivity contribution is 7.11. The van der Waals surface area contributed by atoms with Crippen LogP contribution in [0.3, 0.4) is 0 Å². The van der Waals surface area contributed by atoms with Crippen LogP contribution in [0.15, 0.2) is 18.2 Å². The lowest BCUT2D eigenvalue weighted by Gasteiger charge is -2.02. The summed E-state index contributed by atoms with van der Waals surface area (Å²) in [4.78, 5) is 0. The van der Waals surface area contributed by atoms with E-state index in [9.17, 15) is 4.39 Å². The molecule has 0 fully saturated rings. The SMILES string of the molecule is CCCNCc1nnc(Cc2c(F)cccc2Cl)s1. The first-order chi connectivity index (χ1) is 9.20. The maximum Gasteiger partial charge on any atom is 0.131 e. The first kappa shape index (κ1) is 14.4. The van der Waals surface area contributed by atoms with Crippen LogP contribution in [0.25, 0.3) is 0 Å². The third kappa shape index (κ3) is 3.96. The number of hydrogen-bond donors (Lipinski definition) is 1. The van der Waals surface area contributed by atoms with E-state index in [1.807, 2.05) is 0 Å². The van der Waals surface area contributed by atoms with E-state index in [0.29, 0.717) is 23.6 Å². The van der Waals surface area contributed by atoms with Crippen molar-refractivity contribution in [1.82, 2.24) is 15.5 Å². The van der Waals surface area contributed by atoms with E-state index >= 15 is 0 Å². The van der Waals surface area contributed by atoms with Gasteiger partial charge in [0.25, 0.3) is 0 Å². The van der Waals surface area contributed by atoms with Gasteiger partial charge in [-0.05, 0) is 25.1 Å². The lowest BCUT2D eigenvalue weighted by Crippen LogP contribution is -2.13. The van der Waals surface area contributed by atoms with Crippen molar-refractivity contribution in [3.05, 3.63) is 44.6 Å². The van der Waals surface area contributed by atoms with Crippen molar-refractivity contribution >= 4 is 22.9 Å². The quantitative estimate of drug-likeness (QED) is 0.831. The van der Waals surface area contributed by atoms with Crippen LogP contribution in [0.1, 0.15) is 28.9 Å². The topological polar surface area (TPSA) is 37.8 Å². The zero-order chi connectivity index (χ0) is 13.7. The van der Waals surface area contributed by atoms with Crippen molar-refractivity contribution in [2.45, 2.75) is 26.3 Å². The molecule has 102 valence electrons. The monoisotopic (exact) mass is 299 g/mol. The molecular weight excluding hydrogens is 285 g/mol. The Balaban J connectivity index is 2.03. The zero-order valence-corrected chi connectivity index (χ0v) is 12.2. The summed E-state index contributed by atoms with van der Waals surface area (Å²) in [6, 6.07) is 4.69. The van der Waals surface area contributed by atoms with Crippen molar-refractivity contribution in [2.75, 3.05) is 6.54 Å². The Labute approximate surface area is 120 Å². The third-order valence-corrected chi connectivity index (χ3v) is 3.88. The molecule has 0 bridgehead atoms. The van der Waals surface area contributed by atoms with E-state index in [0.717, 1.165) is 23.0 Å². The Bertz CT molecular complexity index is 524. The van der Waals surface area contributed by atoms with Crippen LogP contribution in [-0.4, -0.2) is 16.7 Å². The fourth-order valence-corrected chi connectivity index (χ4v) is 2.71. The molecular formula is C13H15ClFN3S. The van der Waals surface area contributed by atoms with E-state index in [4.69, 9.17) is 11.6 Å². The number of nitrogens with zero attached hydrogens (tertiary/aromatic N) is 2. The minimum Gasteiger partial charge on any atom is -0.310 e. The second-order valence-electron chi connectivity index (χ2n) is 4.14. The van der Waals surface area contributed by atoms with Crippen LogP contribution in [0.4, 0.5) is 4.39 Å². The predicted molar refractivity (Wildman–Crippen MR) is 76.1 cm³/mol. The lowest BCUT2D eigenvalue weighted by molar-refractivity contribution is 0.613. The number of hydrogen-bond acceptors (Lipinski definition) is 4. The first-order valence-corrected chi connectivity index (χ1v) is 7.35.